The molecule has 0 unspecified atom stereocenters. The first-order valence-corrected chi connectivity index (χ1v) is 7.76. The predicted molar refractivity (Wildman–Crippen MR) is 67.0 cm³/mol. The fourth-order valence-corrected chi connectivity index (χ4v) is 3.05. The Hall–Kier alpha value is -0.500. The van der Waals surface area contributed by atoms with Crippen LogP contribution >= 0.6 is 27.3 Å². The van der Waals surface area contributed by atoms with Gasteiger partial charge < -0.3 is 0 Å². The summed E-state index contributed by atoms with van der Waals surface area (Å²) in [5, 5.41) is 0. The lowest BCUT2D eigenvalue weighted by Crippen LogP contribution is -2.02. The molecule has 0 aliphatic rings. The standard InChI is InChI=1S/C9H8BrNO3S2/c1-16(12,13)14-5-6-3-2-4-7-8(6)11-9(10)15-7/h2-4H,5H2,1H3. The lowest BCUT2D eigenvalue weighted by atomic mass is 10.2. The van der Waals surface area contributed by atoms with E-state index in [9.17, 15) is 8.42 Å². The Kier molecular flexibility index (Phi) is 3.29. The molecule has 0 fully saturated rings. The molecule has 4 nitrogen and oxygen atoms in total. The van der Waals surface area contributed by atoms with Crippen molar-refractivity contribution in [2.45, 2.75) is 6.61 Å². The van der Waals surface area contributed by atoms with Crippen molar-refractivity contribution in [2.24, 2.45) is 0 Å². The van der Waals surface area contributed by atoms with Gasteiger partial charge in [0, 0.05) is 5.56 Å². The lowest BCUT2D eigenvalue weighted by molar-refractivity contribution is 0.313. The molecular formula is C9H8BrNO3S2. The monoisotopic (exact) mass is 321 g/mol. The van der Waals surface area contributed by atoms with E-state index in [2.05, 4.69) is 20.9 Å². The first kappa shape index (κ1) is 12.0. The molecule has 7 heteroatoms. The summed E-state index contributed by atoms with van der Waals surface area (Å²) in [6.45, 7) is 0.0202. The molecule has 0 saturated heterocycles. The van der Waals surface area contributed by atoms with Crippen LogP contribution in [0.3, 0.4) is 0 Å². The Morgan fingerprint density at radius 3 is 2.94 bits per heavy atom. The molecule has 0 aliphatic heterocycles. The van der Waals surface area contributed by atoms with E-state index in [0.717, 1.165) is 26.0 Å². The minimum absolute atomic E-state index is 0.0202. The van der Waals surface area contributed by atoms with Gasteiger partial charge in [-0.05, 0) is 22.0 Å². The molecule has 0 amide bonds. The van der Waals surface area contributed by atoms with Crippen molar-refractivity contribution in [3.8, 4) is 0 Å². The van der Waals surface area contributed by atoms with Gasteiger partial charge in [-0.2, -0.15) is 8.42 Å². The van der Waals surface area contributed by atoms with Crippen LogP contribution in [0.4, 0.5) is 0 Å². The number of fused-ring (bicyclic) bond motifs is 1. The molecule has 1 aromatic carbocycles. The zero-order valence-corrected chi connectivity index (χ0v) is 11.5. The number of para-hydroxylation sites is 1. The van der Waals surface area contributed by atoms with Gasteiger partial charge in [-0.1, -0.05) is 12.1 Å². The third-order valence-electron chi connectivity index (χ3n) is 1.90. The van der Waals surface area contributed by atoms with E-state index in [1.807, 2.05) is 12.1 Å². The zero-order chi connectivity index (χ0) is 11.8. The van der Waals surface area contributed by atoms with Crippen molar-refractivity contribution in [1.82, 2.24) is 4.98 Å². The molecule has 0 spiro atoms. The van der Waals surface area contributed by atoms with Crippen molar-refractivity contribution in [3.63, 3.8) is 0 Å². The van der Waals surface area contributed by atoms with Gasteiger partial charge in [0.1, 0.15) is 0 Å². The molecule has 0 bridgehead atoms. The van der Waals surface area contributed by atoms with Crippen LogP contribution in [0.1, 0.15) is 5.56 Å². The van der Waals surface area contributed by atoms with Crippen molar-refractivity contribution in [2.75, 3.05) is 6.26 Å². The summed E-state index contributed by atoms with van der Waals surface area (Å²) < 4.78 is 28.3. The minimum Gasteiger partial charge on any atom is -0.265 e. The number of benzene rings is 1. The van der Waals surface area contributed by atoms with Gasteiger partial charge >= 0.3 is 0 Å². The highest BCUT2D eigenvalue weighted by molar-refractivity contribution is 9.11. The Morgan fingerprint density at radius 1 is 1.50 bits per heavy atom. The number of halogens is 1. The molecule has 0 radical (unpaired) electrons. The quantitative estimate of drug-likeness (QED) is 0.815. The lowest BCUT2D eigenvalue weighted by Gasteiger charge is -2.01. The molecule has 2 rings (SSSR count). The van der Waals surface area contributed by atoms with E-state index >= 15 is 0 Å². The molecule has 0 atom stereocenters. The Labute approximate surface area is 106 Å². The first-order valence-electron chi connectivity index (χ1n) is 4.34. The van der Waals surface area contributed by atoms with Crippen LogP contribution in [0, 0.1) is 0 Å². The molecule has 0 N–H and O–H groups in total. The van der Waals surface area contributed by atoms with Gasteiger partial charge in [0.25, 0.3) is 10.1 Å². The van der Waals surface area contributed by atoms with E-state index in [1.54, 1.807) is 6.07 Å². The minimum atomic E-state index is -3.42. The van der Waals surface area contributed by atoms with Crippen LogP contribution in [0.2, 0.25) is 0 Å². The Bertz CT molecular complexity index is 621. The third kappa shape index (κ3) is 2.79. The normalized spacial score (nSPS) is 12.1. The molecule has 16 heavy (non-hydrogen) atoms. The number of thiazole rings is 1. The second-order valence-corrected chi connectivity index (χ2v) is 7.15. The largest absolute Gasteiger partial charge is 0.265 e. The molecule has 86 valence electrons. The first-order chi connectivity index (χ1) is 7.46. The molecule has 1 heterocycles. The predicted octanol–water partition coefficient (Wildman–Crippen LogP) is 2.54. The van der Waals surface area contributed by atoms with Crippen molar-refractivity contribution >= 4 is 47.6 Å². The van der Waals surface area contributed by atoms with Crippen molar-refractivity contribution in [3.05, 3.63) is 27.7 Å². The number of rotatable bonds is 3. The highest BCUT2D eigenvalue weighted by Gasteiger charge is 2.09. The fourth-order valence-electron chi connectivity index (χ4n) is 1.27. The SMILES string of the molecule is CS(=O)(=O)OCc1cccc2sc(Br)nc12. The summed E-state index contributed by atoms with van der Waals surface area (Å²) in [5.41, 5.74) is 1.55. The summed E-state index contributed by atoms with van der Waals surface area (Å²) >= 11 is 4.80. The smallest absolute Gasteiger partial charge is 0.264 e. The van der Waals surface area contributed by atoms with Gasteiger partial charge in [0.05, 0.1) is 23.1 Å². The maximum atomic E-state index is 10.9. The second kappa shape index (κ2) is 4.40. The highest BCUT2D eigenvalue weighted by atomic mass is 79.9. The summed E-state index contributed by atoms with van der Waals surface area (Å²) in [5.74, 6) is 0. The summed E-state index contributed by atoms with van der Waals surface area (Å²) in [4.78, 5) is 4.27. The number of hydrogen-bond donors (Lipinski definition) is 0. The van der Waals surface area contributed by atoms with Crippen LogP contribution in [-0.2, 0) is 20.9 Å². The van der Waals surface area contributed by atoms with E-state index in [0.29, 0.717) is 0 Å². The maximum Gasteiger partial charge on any atom is 0.264 e. The molecule has 1 aromatic heterocycles. The van der Waals surface area contributed by atoms with Gasteiger partial charge in [-0.15, -0.1) is 11.3 Å². The summed E-state index contributed by atoms with van der Waals surface area (Å²) in [6.07, 6.45) is 1.03. The molecule has 0 aliphatic carbocycles. The topological polar surface area (TPSA) is 56.3 Å². The van der Waals surface area contributed by atoms with Crippen molar-refractivity contribution in [1.29, 1.82) is 0 Å². The maximum absolute atomic E-state index is 10.9. The van der Waals surface area contributed by atoms with Gasteiger partial charge in [0.2, 0.25) is 0 Å². The van der Waals surface area contributed by atoms with Gasteiger partial charge in [-0.3, -0.25) is 4.18 Å². The fraction of sp³-hybridized carbons (Fsp3) is 0.222. The van der Waals surface area contributed by atoms with E-state index in [-0.39, 0.29) is 6.61 Å². The van der Waals surface area contributed by atoms with E-state index < -0.39 is 10.1 Å². The Balaban J connectivity index is 2.37. The van der Waals surface area contributed by atoms with Gasteiger partial charge in [0.15, 0.2) is 3.92 Å². The average molecular weight is 322 g/mol. The van der Waals surface area contributed by atoms with Crippen molar-refractivity contribution < 1.29 is 12.6 Å². The zero-order valence-electron chi connectivity index (χ0n) is 8.31. The number of nitrogens with zero attached hydrogens (tertiary/aromatic N) is 1. The molecular weight excluding hydrogens is 314 g/mol. The highest BCUT2D eigenvalue weighted by Crippen LogP contribution is 2.28. The molecule has 0 saturated carbocycles. The van der Waals surface area contributed by atoms with Gasteiger partial charge in [-0.25, -0.2) is 4.98 Å². The number of hydrogen-bond acceptors (Lipinski definition) is 5. The van der Waals surface area contributed by atoms with E-state index in [4.69, 9.17) is 4.18 Å². The van der Waals surface area contributed by atoms with Crippen LogP contribution in [-0.4, -0.2) is 19.7 Å². The summed E-state index contributed by atoms with van der Waals surface area (Å²) in [6, 6.07) is 5.59. The second-order valence-electron chi connectivity index (χ2n) is 3.20. The van der Waals surface area contributed by atoms with E-state index in [1.165, 1.54) is 11.3 Å². The van der Waals surface area contributed by atoms with Crippen LogP contribution < -0.4 is 0 Å². The van der Waals surface area contributed by atoms with Crippen LogP contribution in [0.25, 0.3) is 10.2 Å². The summed E-state index contributed by atoms with van der Waals surface area (Å²) in [7, 11) is -3.42. The molecule has 2 aromatic rings. The van der Waals surface area contributed by atoms with Crippen LogP contribution in [0.5, 0.6) is 0 Å². The average Bonchev–Trinajstić information content (AvgIpc) is 2.54. The number of aromatic nitrogens is 1. The third-order valence-corrected chi connectivity index (χ3v) is 3.92. The Morgan fingerprint density at radius 2 is 2.25 bits per heavy atom. The van der Waals surface area contributed by atoms with Crippen LogP contribution in [0.15, 0.2) is 22.1 Å².